The van der Waals surface area contributed by atoms with Crippen LogP contribution in [0.3, 0.4) is 0 Å². The third kappa shape index (κ3) is 3.25. The molecule has 19 heavy (non-hydrogen) atoms. The van der Waals surface area contributed by atoms with E-state index >= 15 is 0 Å². The first kappa shape index (κ1) is 14.3. The number of thioether (sulfide) groups is 1. The molecular formula is C15H21N3S. The highest BCUT2D eigenvalue weighted by Gasteiger charge is 2.29. The van der Waals surface area contributed by atoms with Crippen molar-refractivity contribution < 1.29 is 0 Å². The molecule has 2 unspecified atom stereocenters. The van der Waals surface area contributed by atoms with Crippen LogP contribution >= 0.6 is 11.8 Å². The Hall–Kier alpha value is -1.13. The van der Waals surface area contributed by atoms with Crippen molar-refractivity contribution in [3.63, 3.8) is 0 Å². The number of para-hydroxylation sites is 1. The lowest BCUT2D eigenvalue weighted by atomic mass is 9.88. The average Bonchev–Trinajstić information content (AvgIpc) is 2.34. The largest absolute Gasteiger partial charge is 0.327 e. The highest BCUT2D eigenvalue weighted by atomic mass is 32.2. The zero-order valence-electron chi connectivity index (χ0n) is 11.9. The van der Waals surface area contributed by atoms with Gasteiger partial charge in [-0.1, -0.05) is 39.0 Å². The predicted molar refractivity (Wildman–Crippen MR) is 82.3 cm³/mol. The monoisotopic (exact) mass is 275 g/mol. The van der Waals surface area contributed by atoms with Crippen molar-refractivity contribution in [2.75, 3.05) is 0 Å². The maximum atomic E-state index is 6.15. The molecule has 4 heteroatoms. The average molecular weight is 275 g/mol. The minimum Gasteiger partial charge on any atom is -0.327 e. The number of fused-ring (bicyclic) bond motifs is 1. The third-order valence-electron chi connectivity index (χ3n) is 3.08. The summed E-state index contributed by atoms with van der Waals surface area (Å²) >= 11 is 1.76. The standard InChI is InChI=1S/C15H21N3S/c1-10(16)13(15(2,3)4)19-14-11-7-5-6-8-12(11)17-9-18-14/h5-10,13H,16H2,1-4H3. The summed E-state index contributed by atoms with van der Waals surface area (Å²) in [5.74, 6) is 0. The first-order valence-corrected chi connectivity index (χ1v) is 7.39. The molecule has 0 saturated heterocycles. The van der Waals surface area contributed by atoms with Gasteiger partial charge in [-0.25, -0.2) is 9.97 Å². The molecule has 0 bridgehead atoms. The van der Waals surface area contributed by atoms with E-state index in [4.69, 9.17) is 5.73 Å². The lowest BCUT2D eigenvalue weighted by Crippen LogP contribution is -2.39. The Kier molecular flexibility index (Phi) is 4.11. The fourth-order valence-electron chi connectivity index (χ4n) is 2.27. The van der Waals surface area contributed by atoms with Gasteiger partial charge < -0.3 is 5.73 Å². The van der Waals surface area contributed by atoms with Crippen molar-refractivity contribution in [1.82, 2.24) is 9.97 Å². The van der Waals surface area contributed by atoms with Crippen LogP contribution in [-0.4, -0.2) is 21.3 Å². The smallest absolute Gasteiger partial charge is 0.117 e. The van der Waals surface area contributed by atoms with E-state index in [1.165, 1.54) is 0 Å². The lowest BCUT2D eigenvalue weighted by molar-refractivity contribution is 0.363. The highest BCUT2D eigenvalue weighted by molar-refractivity contribution is 8.00. The molecule has 0 aliphatic heterocycles. The Bertz CT molecular complexity index is 555. The van der Waals surface area contributed by atoms with E-state index in [1.54, 1.807) is 18.1 Å². The molecule has 0 saturated carbocycles. The van der Waals surface area contributed by atoms with Gasteiger partial charge in [0.15, 0.2) is 0 Å². The summed E-state index contributed by atoms with van der Waals surface area (Å²) in [6.07, 6.45) is 1.63. The summed E-state index contributed by atoms with van der Waals surface area (Å²) in [4.78, 5) is 8.74. The molecule has 0 aliphatic carbocycles. The molecule has 0 fully saturated rings. The van der Waals surface area contributed by atoms with Crippen molar-refractivity contribution in [3.8, 4) is 0 Å². The quantitative estimate of drug-likeness (QED) is 0.688. The van der Waals surface area contributed by atoms with Crippen LogP contribution in [0.4, 0.5) is 0 Å². The maximum Gasteiger partial charge on any atom is 0.117 e. The number of nitrogens with two attached hydrogens (primary N) is 1. The zero-order valence-corrected chi connectivity index (χ0v) is 12.7. The van der Waals surface area contributed by atoms with Crippen LogP contribution in [0.2, 0.25) is 0 Å². The van der Waals surface area contributed by atoms with Gasteiger partial charge in [0.2, 0.25) is 0 Å². The first-order chi connectivity index (χ1) is 8.89. The van der Waals surface area contributed by atoms with Crippen molar-refractivity contribution in [1.29, 1.82) is 0 Å². The van der Waals surface area contributed by atoms with Crippen LogP contribution in [-0.2, 0) is 0 Å². The van der Waals surface area contributed by atoms with Crippen LogP contribution in [0.25, 0.3) is 10.9 Å². The highest BCUT2D eigenvalue weighted by Crippen LogP contribution is 2.38. The second-order valence-electron chi connectivity index (χ2n) is 5.96. The van der Waals surface area contributed by atoms with E-state index in [-0.39, 0.29) is 11.5 Å². The molecule has 2 atom stereocenters. The van der Waals surface area contributed by atoms with E-state index < -0.39 is 0 Å². The fourth-order valence-corrected chi connectivity index (χ4v) is 3.48. The van der Waals surface area contributed by atoms with Gasteiger partial charge in [0.1, 0.15) is 11.4 Å². The van der Waals surface area contributed by atoms with Gasteiger partial charge >= 0.3 is 0 Å². The number of rotatable bonds is 3. The Balaban J connectivity index is 2.40. The fraction of sp³-hybridized carbons (Fsp3) is 0.467. The van der Waals surface area contributed by atoms with E-state index in [0.29, 0.717) is 5.25 Å². The van der Waals surface area contributed by atoms with Crippen molar-refractivity contribution in [3.05, 3.63) is 30.6 Å². The summed E-state index contributed by atoms with van der Waals surface area (Å²) in [7, 11) is 0. The second kappa shape index (κ2) is 5.47. The molecular weight excluding hydrogens is 254 g/mol. The minimum atomic E-state index is 0.110. The molecule has 1 aromatic carbocycles. The molecule has 1 heterocycles. The van der Waals surface area contributed by atoms with Crippen molar-refractivity contribution in [2.24, 2.45) is 11.1 Å². The summed E-state index contributed by atoms with van der Waals surface area (Å²) in [6.45, 7) is 8.72. The topological polar surface area (TPSA) is 51.8 Å². The molecule has 102 valence electrons. The van der Waals surface area contributed by atoms with Gasteiger partial charge in [-0.15, -0.1) is 11.8 Å². The normalized spacial score (nSPS) is 15.4. The van der Waals surface area contributed by atoms with Gasteiger partial charge in [-0.2, -0.15) is 0 Å². The first-order valence-electron chi connectivity index (χ1n) is 6.51. The number of hydrogen-bond donors (Lipinski definition) is 1. The number of nitrogens with zero attached hydrogens (tertiary/aromatic N) is 2. The van der Waals surface area contributed by atoms with Crippen LogP contribution in [0, 0.1) is 5.41 Å². The third-order valence-corrected chi connectivity index (χ3v) is 5.01. The second-order valence-corrected chi connectivity index (χ2v) is 7.09. The van der Waals surface area contributed by atoms with Gasteiger partial charge in [-0.3, -0.25) is 0 Å². The minimum absolute atomic E-state index is 0.110. The van der Waals surface area contributed by atoms with Gasteiger partial charge in [0.05, 0.1) is 5.52 Å². The Morgan fingerprint density at radius 2 is 1.84 bits per heavy atom. The van der Waals surface area contributed by atoms with Crippen molar-refractivity contribution in [2.45, 2.75) is 44.0 Å². The molecule has 2 aromatic rings. The van der Waals surface area contributed by atoms with E-state index in [2.05, 4.69) is 43.7 Å². The SMILES string of the molecule is CC(N)C(Sc1ncnc2ccccc12)C(C)(C)C. The summed E-state index contributed by atoms with van der Waals surface area (Å²) in [5.41, 5.74) is 7.26. The summed E-state index contributed by atoms with van der Waals surface area (Å²) < 4.78 is 0. The molecule has 0 amide bonds. The van der Waals surface area contributed by atoms with Gasteiger partial charge in [0.25, 0.3) is 0 Å². The molecule has 2 rings (SSSR count). The van der Waals surface area contributed by atoms with E-state index in [1.807, 2.05) is 18.2 Å². The van der Waals surface area contributed by atoms with E-state index in [0.717, 1.165) is 15.9 Å². The van der Waals surface area contributed by atoms with Gasteiger partial charge in [-0.05, 0) is 18.4 Å². The zero-order chi connectivity index (χ0) is 14.0. The number of hydrogen-bond acceptors (Lipinski definition) is 4. The molecule has 1 aromatic heterocycles. The molecule has 3 nitrogen and oxygen atoms in total. The Morgan fingerprint density at radius 3 is 2.47 bits per heavy atom. The Morgan fingerprint density at radius 1 is 1.16 bits per heavy atom. The molecule has 2 N–H and O–H groups in total. The number of benzene rings is 1. The van der Waals surface area contributed by atoms with Crippen LogP contribution < -0.4 is 5.73 Å². The molecule has 0 aliphatic rings. The maximum absolute atomic E-state index is 6.15. The molecule has 0 radical (unpaired) electrons. The summed E-state index contributed by atoms with van der Waals surface area (Å²) in [5, 5.41) is 2.43. The number of aromatic nitrogens is 2. The predicted octanol–water partition coefficient (Wildman–Crippen LogP) is 3.48. The lowest BCUT2D eigenvalue weighted by Gasteiger charge is -2.33. The molecule has 0 spiro atoms. The van der Waals surface area contributed by atoms with Crippen molar-refractivity contribution >= 4 is 22.7 Å². The summed E-state index contributed by atoms with van der Waals surface area (Å²) in [6, 6.07) is 8.21. The van der Waals surface area contributed by atoms with Gasteiger partial charge in [0, 0.05) is 16.7 Å². The van der Waals surface area contributed by atoms with Crippen LogP contribution in [0.15, 0.2) is 35.6 Å². The van der Waals surface area contributed by atoms with Crippen LogP contribution in [0.5, 0.6) is 0 Å². The Labute approximate surface area is 119 Å². The van der Waals surface area contributed by atoms with E-state index in [9.17, 15) is 0 Å². The van der Waals surface area contributed by atoms with Crippen LogP contribution in [0.1, 0.15) is 27.7 Å².